The number of ether oxygens (including phenoxy) is 2. The zero-order valence-corrected chi connectivity index (χ0v) is 17.7. The van der Waals surface area contributed by atoms with Crippen molar-refractivity contribution in [1.82, 2.24) is 0 Å². The molecule has 0 saturated carbocycles. The minimum absolute atomic E-state index is 0.179. The van der Waals surface area contributed by atoms with Gasteiger partial charge in [0, 0.05) is 5.02 Å². The van der Waals surface area contributed by atoms with Gasteiger partial charge in [-0.2, -0.15) is 0 Å². The topological polar surface area (TPSA) is 84.9 Å². The van der Waals surface area contributed by atoms with Crippen molar-refractivity contribution in [2.24, 2.45) is 0 Å². The smallest absolute Gasteiger partial charge is 0.248 e. The first-order chi connectivity index (χ1) is 13.2. The van der Waals surface area contributed by atoms with Crippen LogP contribution in [0.1, 0.15) is 13.8 Å². The van der Waals surface area contributed by atoms with E-state index >= 15 is 0 Å². The van der Waals surface area contributed by atoms with Crippen LogP contribution in [0.25, 0.3) is 0 Å². The van der Waals surface area contributed by atoms with Crippen LogP contribution in [0.3, 0.4) is 0 Å². The number of benzene rings is 2. The normalized spacial score (nSPS) is 12.2. The molecular formula is C19H23ClN2O5S. The lowest BCUT2D eigenvalue weighted by Crippen LogP contribution is -2.45. The Kier molecular flexibility index (Phi) is 7.15. The van der Waals surface area contributed by atoms with E-state index in [-0.39, 0.29) is 11.4 Å². The van der Waals surface area contributed by atoms with Crippen molar-refractivity contribution in [2.45, 2.75) is 19.9 Å². The molecular weight excluding hydrogens is 404 g/mol. The minimum atomic E-state index is -3.82. The molecule has 0 aliphatic rings. The lowest BCUT2D eigenvalue weighted by molar-refractivity contribution is -0.116. The number of amides is 1. The molecule has 0 aromatic heterocycles. The van der Waals surface area contributed by atoms with E-state index in [1.54, 1.807) is 36.4 Å². The Balaban J connectivity index is 2.41. The molecule has 2 aromatic rings. The summed E-state index contributed by atoms with van der Waals surface area (Å²) in [5, 5.41) is 3.04. The number of carbonyl (C=O) groups is 1. The average molecular weight is 427 g/mol. The summed E-state index contributed by atoms with van der Waals surface area (Å²) < 4.78 is 36.7. The molecule has 1 N–H and O–H groups in total. The Morgan fingerprint density at radius 1 is 1.21 bits per heavy atom. The van der Waals surface area contributed by atoms with E-state index in [0.717, 1.165) is 10.6 Å². The van der Waals surface area contributed by atoms with Crippen molar-refractivity contribution < 1.29 is 22.7 Å². The molecule has 0 heterocycles. The maximum absolute atomic E-state index is 12.9. The Morgan fingerprint density at radius 2 is 1.89 bits per heavy atom. The standard InChI is InChI=1S/C19H23ClN2O5S/c1-5-27-17-9-7-6-8-15(17)21-19(23)13(2)22(28(4,24)25)16-12-14(20)10-11-18(16)26-3/h6-13H,5H2,1-4H3,(H,21,23). The van der Waals surface area contributed by atoms with Crippen LogP contribution < -0.4 is 19.1 Å². The number of methoxy groups -OCH3 is 1. The lowest BCUT2D eigenvalue weighted by atomic mass is 10.2. The number of sulfonamides is 1. The van der Waals surface area contributed by atoms with Crippen molar-refractivity contribution in [3.8, 4) is 11.5 Å². The molecule has 9 heteroatoms. The molecule has 0 bridgehead atoms. The summed E-state index contributed by atoms with van der Waals surface area (Å²) in [6.45, 7) is 3.75. The van der Waals surface area contributed by atoms with Gasteiger partial charge in [0.05, 0.1) is 31.3 Å². The van der Waals surface area contributed by atoms with E-state index in [1.165, 1.54) is 20.1 Å². The van der Waals surface area contributed by atoms with Crippen LogP contribution in [0.5, 0.6) is 11.5 Å². The van der Waals surface area contributed by atoms with Crippen molar-refractivity contribution in [2.75, 3.05) is 29.6 Å². The van der Waals surface area contributed by atoms with Gasteiger partial charge in [0.15, 0.2) is 0 Å². The van der Waals surface area contributed by atoms with Gasteiger partial charge in [-0.25, -0.2) is 8.42 Å². The minimum Gasteiger partial charge on any atom is -0.495 e. The number of halogens is 1. The van der Waals surface area contributed by atoms with Gasteiger partial charge in [0.2, 0.25) is 15.9 Å². The molecule has 152 valence electrons. The molecule has 0 radical (unpaired) electrons. The van der Waals surface area contributed by atoms with Crippen LogP contribution in [0, 0.1) is 0 Å². The molecule has 0 aliphatic carbocycles. The number of nitrogens with zero attached hydrogens (tertiary/aromatic N) is 1. The number of anilines is 2. The molecule has 2 rings (SSSR count). The summed E-state index contributed by atoms with van der Waals surface area (Å²) in [6, 6.07) is 10.4. The van der Waals surface area contributed by atoms with E-state index in [4.69, 9.17) is 21.1 Å². The van der Waals surface area contributed by atoms with Gasteiger partial charge >= 0.3 is 0 Å². The maximum Gasteiger partial charge on any atom is 0.248 e. The number of para-hydroxylation sites is 2. The predicted octanol–water partition coefficient (Wildman–Crippen LogP) is 3.54. The van der Waals surface area contributed by atoms with Crippen LogP contribution in [0.4, 0.5) is 11.4 Å². The van der Waals surface area contributed by atoms with Gasteiger partial charge in [-0.15, -0.1) is 0 Å². The first-order valence-electron chi connectivity index (χ1n) is 8.54. The highest BCUT2D eigenvalue weighted by atomic mass is 35.5. The van der Waals surface area contributed by atoms with Gasteiger partial charge in [-0.05, 0) is 44.2 Å². The van der Waals surface area contributed by atoms with Crippen molar-refractivity contribution in [3.05, 3.63) is 47.5 Å². The van der Waals surface area contributed by atoms with E-state index < -0.39 is 22.0 Å². The second kappa shape index (κ2) is 9.16. The maximum atomic E-state index is 12.9. The molecule has 7 nitrogen and oxygen atoms in total. The highest BCUT2D eigenvalue weighted by Crippen LogP contribution is 2.34. The van der Waals surface area contributed by atoms with Crippen LogP contribution in [0.15, 0.2) is 42.5 Å². The Hall–Kier alpha value is -2.45. The zero-order valence-electron chi connectivity index (χ0n) is 16.1. The zero-order chi connectivity index (χ0) is 20.9. The number of hydrogen-bond acceptors (Lipinski definition) is 5. The molecule has 2 aromatic carbocycles. The Labute approximate surface area is 170 Å². The van der Waals surface area contributed by atoms with Crippen molar-refractivity contribution in [1.29, 1.82) is 0 Å². The van der Waals surface area contributed by atoms with Crippen molar-refractivity contribution in [3.63, 3.8) is 0 Å². The SMILES string of the molecule is CCOc1ccccc1NC(=O)C(C)N(c1cc(Cl)ccc1OC)S(C)(=O)=O. The Morgan fingerprint density at radius 3 is 2.50 bits per heavy atom. The van der Waals surface area contributed by atoms with Crippen LogP contribution in [-0.4, -0.2) is 40.3 Å². The molecule has 1 amide bonds. The molecule has 28 heavy (non-hydrogen) atoms. The molecule has 1 unspecified atom stereocenters. The van der Waals surface area contributed by atoms with Crippen molar-refractivity contribution >= 4 is 38.9 Å². The first-order valence-corrected chi connectivity index (χ1v) is 10.8. The van der Waals surface area contributed by atoms with E-state index in [0.29, 0.717) is 23.1 Å². The number of carbonyl (C=O) groups excluding carboxylic acids is 1. The third-order valence-electron chi connectivity index (χ3n) is 3.91. The second-order valence-corrected chi connectivity index (χ2v) is 8.27. The summed E-state index contributed by atoms with van der Waals surface area (Å²) in [5.41, 5.74) is 0.631. The number of nitrogens with one attached hydrogen (secondary N) is 1. The monoisotopic (exact) mass is 426 g/mol. The van der Waals surface area contributed by atoms with Crippen LogP contribution in [0.2, 0.25) is 5.02 Å². The second-order valence-electron chi connectivity index (χ2n) is 5.97. The van der Waals surface area contributed by atoms with Gasteiger partial charge < -0.3 is 14.8 Å². The molecule has 1 atom stereocenters. The van der Waals surface area contributed by atoms with Gasteiger partial charge in [0.1, 0.15) is 17.5 Å². The fourth-order valence-electron chi connectivity index (χ4n) is 2.70. The average Bonchev–Trinajstić information content (AvgIpc) is 2.62. The van der Waals surface area contributed by atoms with E-state index in [9.17, 15) is 13.2 Å². The lowest BCUT2D eigenvalue weighted by Gasteiger charge is -2.29. The summed E-state index contributed by atoms with van der Waals surface area (Å²) in [5.74, 6) is 0.251. The fraction of sp³-hybridized carbons (Fsp3) is 0.316. The third-order valence-corrected chi connectivity index (χ3v) is 5.37. The third kappa shape index (κ3) is 5.08. The summed E-state index contributed by atoms with van der Waals surface area (Å²) in [7, 11) is -2.41. The van der Waals surface area contributed by atoms with E-state index in [2.05, 4.69) is 5.32 Å². The van der Waals surface area contributed by atoms with E-state index in [1.807, 2.05) is 6.92 Å². The summed E-state index contributed by atoms with van der Waals surface area (Å²) in [6.07, 6.45) is 1.02. The predicted molar refractivity (Wildman–Crippen MR) is 111 cm³/mol. The molecule has 0 saturated heterocycles. The largest absolute Gasteiger partial charge is 0.495 e. The fourth-order valence-corrected chi connectivity index (χ4v) is 4.04. The van der Waals surface area contributed by atoms with Gasteiger partial charge in [-0.1, -0.05) is 23.7 Å². The first kappa shape index (κ1) is 21.8. The molecule has 0 fully saturated rings. The van der Waals surface area contributed by atoms with Gasteiger partial charge in [-0.3, -0.25) is 9.10 Å². The quantitative estimate of drug-likeness (QED) is 0.697. The molecule has 0 aliphatic heterocycles. The summed E-state index contributed by atoms with van der Waals surface area (Å²) >= 11 is 6.04. The van der Waals surface area contributed by atoms with Crippen LogP contribution in [-0.2, 0) is 14.8 Å². The van der Waals surface area contributed by atoms with Gasteiger partial charge in [0.25, 0.3) is 0 Å². The molecule has 0 spiro atoms. The highest BCUT2D eigenvalue weighted by Gasteiger charge is 2.31. The Bertz CT molecular complexity index is 949. The van der Waals surface area contributed by atoms with Crippen LogP contribution >= 0.6 is 11.6 Å². The number of rotatable bonds is 8. The highest BCUT2D eigenvalue weighted by molar-refractivity contribution is 7.92. The number of hydrogen-bond donors (Lipinski definition) is 1. The summed E-state index contributed by atoms with van der Waals surface area (Å²) in [4.78, 5) is 12.9.